The monoisotopic (exact) mass is 463 g/mol. The average Bonchev–Trinajstić information content (AvgIpc) is 3.34. The van der Waals surface area contributed by atoms with E-state index < -0.39 is 23.6 Å². The normalized spacial score (nSPS) is 17.8. The minimum atomic E-state index is -5.01. The summed E-state index contributed by atoms with van der Waals surface area (Å²) < 4.78 is 46.5. The van der Waals surface area contributed by atoms with Gasteiger partial charge in [0.2, 0.25) is 5.60 Å². The molecule has 7 heteroatoms. The Labute approximate surface area is 195 Å². The Morgan fingerprint density at radius 2 is 1.56 bits per heavy atom. The lowest BCUT2D eigenvalue weighted by atomic mass is 9.80. The molecule has 1 N–H and O–H groups in total. The number of para-hydroxylation sites is 1. The predicted molar refractivity (Wildman–Crippen MR) is 125 cm³/mol. The molecule has 1 aliphatic heterocycles. The van der Waals surface area contributed by atoms with Crippen molar-refractivity contribution in [3.8, 4) is 5.69 Å². The highest BCUT2D eigenvalue weighted by molar-refractivity contribution is 5.55. The first-order valence-electron chi connectivity index (χ1n) is 11.1. The number of nitrogens with zero attached hydrogens (tertiary/aromatic N) is 3. The smallest absolute Gasteiger partial charge is 0.372 e. The molecule has 0 saturated heterocycles. The molecule has 5 rings (SSSR count). The van der Waals surface area contributed by atoms with Gasteiger partial charge in [0.25, 0.3) is 0 Å². The van der Waals surface area contributed by atoms with Crippen LogP contribution in [0.1, 0.15) is 28.6 Å². The number of alkyl halides is 3. The SMILES string of the molecule is Cc1ccc(N2CCc3ccccc3[C@@H]2[C@](O)(c2nccn2-c2ccccc2)C(F)(F)F)cc1. The van der Waals surface area contributed by atoms with E-state index in [0.29, 0.717) is 29.9 Å². The highest BCUT2D eigenvalue weighted by atomic mass is 19.4. The molecule has 0 saturated carbocycles. The Hall–Kier alpha value is -3.58. The van der Waals surface area contributed by atoms with Crippen LogP contribution in [0.3, 0.4) is 0 Å². The zero-order chi connectivity index (χ0) is 23.9. The average molecular weight is 464 g/mol. The maximum absolute atomic E-state index is 15.1. The molecule has 0 aliphatic carbocycles. The molecule has 174 valence electrons. The van der Waals surface area contributed by atoms with Crippen LogP contribution in [0.25, 0.3) is 5.69 Å². The van der Waals surface area contributed by atoms with E-state index in [4.69, 9.17) is 0 Å². The quantitative estimate of drug-likeness (QED) is 0.420. The summed E-state index contributed by atoms with van der Waals surface area (Å²) in [5.41, 5.74) is 0.0547. The molecule has 34 heavy (non-hydrogen) atoms. The van der Waals surface area contributed by atoms with Crippen LogP contribution < -0.4 is 4.90 Å². The van der Waals surface area contributed by atoms with Crippen LogP contribution in [0.5, 0.6) is 0 Å². The maximum atomic E-state index is 15.1. The first-order valence-corrected chi connectivity index (χ1v) is 11.1. The van der Waals surface area contributed by atoms with Crippen molar-refractivity contribution >= 4 is 5.69 Å². The second-order valence-corrected chi connectivity index (χ2v) is 8.60. The number of aliphatic hydroxyl groups is 1. The van der Waals surface area contributed by atoms with Gasteiger partial charge in [-0.15, -0.1) is 0 Å². The van der Waals surface area contributed by atoms with Crippen LogP contribution in [-0.4, -0.2) is 27.4 Å². The van der Waals surface area contributed by atoms with Crippen LogP contribution in [0.2, 0.25) is 0 Å². The Morgan fingerprint density at radius 1 is 0.882 bits per heavy atom. The Kier molecular flexibility index (Phi) is 5.44. The number of benzene rings is 3. The lowest BCUT2D eigenvalue weighted by molar-refractivity contribution is -0.280. The standard InChI is InChI=1S/C27H24F3N3O/c1-19-11-13-22(14-12-19)32-17-15-20-7-5-6-10-23(20)24(32)26(34,27(28,29)30)25-31-16-18-33(25)21-8-3-2-4-9-21/h2-14,16,18,24,34H,15,17H2,1H3/t24-,26+/m1/s1. The summed E-state index contributed by atoms with van der Waals surface area (Å²) in [5.74, 6) is -0.468. The van der Waals surface area contributed by atoms with Gasteiger partial charge < -0.3 is 14.6 Å². The van der Waals surface area contributed by atoms with E-state index in [-0.39, 0.29) is 0 Å². The summed E-state index contributed by atoms with van der Waals surface area (Å²) in [7, 11) is 0. The fourth-order valence-electron chi connectivity index (χ4n) is 4.82. The predicted octanol–water partition coefficient (Wildman–Crippen LogP) is 5.73. The number of aromatic nitrogens is 2. The van der Waals surface area contributed by atoms with Crippen LogP contribution in [0.4, 0.5) is 18.9 Å². The minimum Gasteiger partial charge on any atom is -0.372 e. The van der Waals surface area contributed by atoms with Gasteiger partial charge in [0.15, 0.2) is 5.82 Å². The van der Waals surface area contributed by atoms with Gasteiger partial charge in [-0.1, -0.05) is 60.2 Å². The van der Waals surface area contributed by atoms with E-state index in [2.05, 4.69) is 4.98 Å². The number of aryl methyl sites for hydroxylation is 1. The molecule has 4 nitrogen and oxygen atoms in total. The number of rotatable bonds is 4. The molecular formula is C27H24F3N3O. The molecule has 0 amide bonds. The molecule has 2 atom stereocenters. The zero-order valence-corrected chi connectivity index (χ0v) is 18.6. The van der Waals surface area contributed by atoms with Crippen LogP contribution >= 0.6 is 0 Å². The van der Waals surface area contributed by atoms with E-state index in [1.807, 2.05) is 31.2 Å². The van der Waals surface area contributed by atoms with Crippen molar-refractivity contribution < 1.29 is 18.3 Å². The molecule has 0 radical (unpaired) electrons. The molecule has 1 aliphatic rings. The second-order valence-electron chi connectivity index (χ2n) is 8.60. The Balaban J connectivity index is 1.76. The molecule has 4 aromatic rings. The number of imidazole rings is 1. The van der Waals surface area contributed by atoms with Gasteiger partial charge in [0.1, 0.15) is 0 Å². The molecule has 3 aromatic carbocycles. The summed E-state index contributed by atoms with van der Waals surface area (Å²) in [6, 6.07) is 21.6. The zero-order valence-electron chi connectivity index (χ0n) is 18.6. The largest absolute Gasteiger partial charge is 0.427 e. The van der Waals surface area contributed by atoms with Crippen molar-refractivity contribution in [3.05, 3.63) is 114 Å². The topological polar surface area (TPSA) is 41.3 Å². The third-order valence-corrected chi connectivity index (χ3v) is 6.49. The number of fused-ring (bicyclic) bond motifs is 1. The van der Waals surface area contributed by atoms with E-state index in [9.17, 15) is 5.11 Å². The maximum Gasteiger partial charge on any atom is 0.427 e. The summed E-state index contributed by atoms with van der Waals surface area (Å²) >= 11 is 0. The van der Waals surface area contributed by atoms with Crippen molar-refractivity contribution in [3.63, 3.8) is 0 Å². The number of anilines is 1. The molecule has 0 fully saturated rings. The van der Waals surface area contributed by atoms with Gasteiger partial charge in [-0.05, 0) is 48.7 Å². The number of halogens is 3. The molecule has 0 unspecified atom stereocenters. The fourth-order valence-corrected chi connectivity index (χ4v) is 4.82. The van der Waals surface area contributed by atoms with Crippen molar-refractivity contribution in [1.82, 2.24) is 9.55 Å². The number of hydrogen-bond acceptors (Lipinski definition) is 3. The van der Waals surface area contributed by atoms with Crippen LogP contribution in [0.15, 0.2) is 91.3 Å². The molecular weight excluding hydrogens is 439 g/mol. The summed E-state index contributed by atoms with van der Waals surface area (Å²) in [6.45, 7) is 2.25. The van der Waals surface area contributed by atoms with Gasteiger partial charge >= 0.3 is 6.18 Å². The van der Waals surface area contributed by atoms with E-state index >= 15 is 13.2 Å². The first kappa shape index (κ1) is 22.2. The third-order valence-electron chi connectivity index (χ3n) is 6.49. The molecule has 0 bridgehead atoms. The van der Waals surface area contributed by atoms with Gasteiger partial charge in [-0.2, -0.15) is 13.2 Å². The highest BCUT2D eigenvalue weighted by Crippen LogP contribution is 2.52. The highest BCUT2D eigenvalue weighted by Gasteiger charge is 2.65. The van der Waals surface area contributed by atoms with Crippen LogP contribution in [-0.2, 0) is 12.0 Å². The Bertz CT molecular complexity index is 1280. The van der Waals surface area contributed by atoms with Gasteiger partial charge in [-0.25, -0.2) is 4.98 Å². The summed E-state index contributed by atoms with van der Waals surface area (Å²) in [5, 5.41) is 11.9. The van der Waals surface area contributed by atoms with Gasteiger partial charge in [0.05, 0.1) is 6.04 Å². The fraction of sp³-hybridized carbons (Fsp3) is 0.222. The molecule has 0 spiro atoms. The second kappa shape index (κ2) is 8.33. The van der Waals surface area contributed by atoms with Crippen molar-refractivity contribution in [2.45, 2.75) is 31.2 Å². The summed E-state index contributed by atoms with van der Waals surface area (Å²) in [4.78, 5) is 5.74. The van der Waals surface area contributed by atoms with Crippen molar-refractivity contribution in [1.29, 1.82) is 0 Å². The minimum absolute atomic E-state index is 0.329. The van der Waals surface area contributed by atoms with Crippen molar-refractivity contribution in [2.75, 3.05) is 11.4 Å². The van der Waals surface area contributed by atoms with Crippen LogP contribution in [0, 0.1) is 6.92 Å². The summed E-state index contributed by atoms with van der Waals surface area (Å²) in [6.07, 6.45) is -1.69. The Morgan fingerprint density at radius 3 is 2.26 bits per heavy atom. The van der Waals surface area contributed by atoms with Crippen molar-refractivity contribution in [2.24, 2.45) is 0 Å². The lowest BCUT2D eigenvalue weighted by Gasteiger charge is -2.47. The first-order chi connectivity index (χ1) is 16.3. The van der Waals surface area contributed by atoms with Gasteiger partial charge in [-0.3, -0.25) is 0 Å². The molecule has 2 heterocycles. The third kappa shape index (κ3) is 3.56. The lowest BCUT2D eigenvalue weighted by Crippen LogP contribution is -2.56. The van der Waals surface area contributed by atoms with Gasteiger partial charge in [0, 0.05) is 30.3 Å². The number of hydrogen-bond donors (Lipinski definition) is 1. The molecule has 1 aromatic heterocycles. The van der Waals surface area contributed by atoms with E-state index in [1.54, 1.807) is 59.5 Å². The van der Waals surface area contributed by atoms with E-state index in [1.165, 1.54) is 17.0 Å². The van der Waals surface area contributed by atoms with E-state index in [0.717, 1.165) is 11.1 Å².